The van der Waals surface area contributed by atoms with Crippen molar-refractivity contribution in [3.63, 3.8) is 0 Å². The second kappa shape index (κ2) is 8.01. The highest BCUT2D eigenvalue weighted by Gasteiger charge is 2.05. The molecule has 0 aliphatic heterocycles. The Bertz CT molecular complexity index is 757. The average Bonchev–Trinajstić information content (AvgIpc) is 2.57. The smallest absolute Gasteiger partial charge is 0.277 e. The lowest BCUT2D eigenvalue weighted by atomic mass is 10.1. The molecule has 0 saturated heterocycles. The highest BCUT2D eigenvalue weighted by Crippen LogP contribution is 2.21. The van der Waals surface area contributed by atoms with Gasteiger partial charge in [0.2, 0.25) is 0 Å². The molecule has 1 amide bonds. The topological polar surface area (TPSA) is 80.2 Å². The van der Waals surface area contributed by atoms with Crippen molar-refractivity contribution in [1.82, 2.24) is 5.43 Å². The Morgan fingerprint density at radius 3 is 2.79 bits per heavy atom. The minimum absolute atomic E-state index is 0.0421. The first-order chi connectivity index (χ1) is 11.5. The molecule has 2 N–H and O–H groups in total. The minimum atomic E-state index is -0.394. The zero-order valence-corrected chi connectivity index (χ0v) is 13.9. The van der Waals surface area contributed by atoms with Gasteiger partial charge < -0.3 is 14.6 Å². The lowest BCUT2D eigenvalue weighted by molar-refractivity contribution is -0.123. The standard InChI is InChI=1S/C18H20N2O4/c1-12-4-5-13(2)17(8-12)24-11-18(22)20-19-10-14-9-15(23-3)6-7-16(14)21/h4-10,21H,11H2,1-3H3,(H,20,22)/b19-10+. The molecule has 0 atom stereocenters. The van der Waals surface area contributed by atoms with Gasteiger partial charge >= 0.3 is 0 Å². The van der Waals surface area contributed by atoms with Gasteiger partial charge in [0.1, 0.15) is 17.2 Å². The highest BCUT2D eigenvalue weighted by molar-refractivity contribution is 5.85. The van der Waals surface area contributed by atoms with Crippen LogP contribution in [0, 0.1) is 13.8 Å². The molecule has 0 radical (unpaired) electrons. The lowest BCUT2D eigenvalue weighted by Gasteiger charge is -2.09. The second-order valence-corrected chi connectivity index (χ2v) is 5.28. The first-order valence-electron chi connectivity index (χ1n) is 7.38. The third-order valence-electron chi connectivity index (χ3n) is 3.33. The molecule has 24 heavy (non-hydrogen) atoms. The van der Waals surface area contributed by atoms with Crippen LogP contribution in [0.5, 0.6) is 17.2 Å². The first kappa shape index (κ1) is 17.3. The fourth-order valence-corrected chi connectivity index (χ4v) is 1.98. The van der Waals surface area contributed by atoms with Gasteiger partial charge in [-0.25, -0.2) is 5.43 Å². The number of carbonyl (C=O) groups is 1. The molecule has 0 aromatic heterocycles. The number of benzene rings is 2. The van der Waals surface area contributed by atoms with Crippen LogP contribution >= 0.6 is 0 Å². The number of hydrazone groups is 1. The van der Waals surface area contributed by atoms with Crippen molar-refractivity contribution in [3.05, 3.63) is 53.1 Å². The van der Waals surface area contributed by atoms with Crippen molar-refractivity contribution >= 4 is 12.1 Å². The SMILES string of the molecule is COc1ccc(O)c(/C=N/NC(=O)COc2cc(C)ccc2C)c1. The number of methoxy groups -OCH3 is 1. The van der Waals surface area contributed by atoms with E-state index in [-0.39, 0.29) is 12.4 Å². The van der Waals surface area contributed by atoms with Crippen LogP contribution in [-0.4, -0.2) is 30.9 Å². The third kappa shape index (κ3) is 4.74. The van der Waals surface area contributed by atoms with Crippen molar-refractivity contribution in [2.45, 2.75) is 13.8 Å². The highest BCUT2D eigenvalue weighted by atomic mass is 16.5. The monoisotopic (exact) mass is 328 g/mol. The van der Waals surface area contributed by atoms with E-state index in [1.54, 1.807) is 12.1 Å². The van der Waals surface area contributed by atoms with E-state index < -0.39 is 5.91 Å². The summed E-state index contributed by atoms with van der Waals surface area (Å²) in [5, 5.41) is 13.5. The van der Waals surface area contributed by atoms with Crippen LogP contribution in [0.15, 0.2) is 41.5 Å². The molecule has 2 aromatic carbocycles. The molecule has 0 spiro atoms. The van der Waals surface area contributed by atoms with Gasteiger partial charge in [0.15, 0.2) is 6.61 Å². The summed E-state index contributed by atoms with van der Waals surface area (Å²) in [6.07, 6.45) is 1.34. The van der Waals surface area contributed by atoms with Gasteiger partial charge in [-0.3, -0.25) is 4.79 Å². The summed E-state index contributed by atoms with van der Waals surface area (Å²) in [4.78, 5) is 11.8. The summed E-state index contributed by atoms with van der Waals surface area (Å²) in [5.41, 5.74) is 4.80. The molecule has 0 unspecified atom stereocenters. The number of hydrogen-bond donors (Lipinski definition) is 2. The van der Waals surface area contributed by atoms with E-state index >= 15 is 0 Å². The van der Waals surface area contributed by atoms with Gasteiger partial charge in [0.05, 0.1) is 13.3 Å². The Morgan fingerprint density at radius 2 is 2.04 bits per heavy atom. The molecular weight excluding hydrogens is 308 g/mol. The molecule has 2 rings (SSSR count). The molecule has 0 fully saturated rings. The van der Waals surface area contributed by atoms with Crippen LogP contribution < -0.4 is 14.9 Å². The van der Waals surface area contributed by atoms with Crippen molar-refractivity contribution in [2.75, 3.05) is 13.7 Å². The Kier molecular flexibility index (Phi) is 5.78. The number of ether oxygens (including phenoxy) is 2. The van der Waals surface area contributed by atoms with Crippen molar-refractivity contribution in [3.8, 4) is 17.2 Å². The molecule has 126 valence electrons. The first-order valence-corrected chi connectivity index (χ1v) is 7.38. The molecule has 0 bridgehead atoms. The zero-order chi connectivity index (χ0) is 17.5. The van der Waals surface area contributed by atoms with E-state index in [9.17, 15) is 9.90 Å². The van der Waals surface area contributed by atoms with Crippen LogP contribution in [0.1, 0.15) is 16.7 Å². The van der Waals surface area contributed by atoms with E-state index in [4.69, 9.17) is 9.47 Å². The molecule has 0 aliphatic rings. The molecule has 6 heteroatoms. The summed E-state index contributed by atoms with van der Waals surface area (Å²) in [7, 11) is 1.53. The van der Waals surface area contributed by atoms with E-state index in [1.165, 1.54) is 19.4 Å². The maximum absolute atomic E-state index is 11.8. The minimum Gasteiger partial charge on any atom is -0.507 e. The molecule has 6 nitrogen and oxygen atoms in total. The van der Waals surface area contributed by atoms with Crippen LogP contribution in [0.2, 0.25) is 0 Å². The Hall–Kier alpha value is -3.02. The number of nitrogens with zero attached hydrogens (tertiary/aromatic N) is 1. The number of phenolic OH excluding ortho intramolecular Hbond substituents is 1. The summed E-state index contributed by atoms with van der Waals surface area (Å²) >= 11 is 0. The van der Waals surface area contributed by atoms with Gasteiger partial charge in [0.25, 0.3) is 5.91 Å². The van der Waals surface area contributed by atoms with Crippen LogP contribution in [0.3, 0.4) is 0 Å². The van der Waals surface area contributed by atoms with Crippen LogP contribution in [0.4, 0.5) is 0 Å². The molecule has 0 aliphatic carbocycles. The van der Waals surface area contributed by atoms with E-state index in [1.807, 2.05) is 32.0 Å². The number of nitrogens with one attached hydrogen (secondary N) is 1. The number of rotatable bonds is 6. The van der Waals surface area contributed by atoms with Crippen molar-refractivity contribution in [1.29, 1.82) is 0 Å². The predicted octanol–water partition coefficient (Wildman–Crippen LogP) is 2.55. The summed E-state index contributed by atoms with van der Waals surface area (Å²) in [5.74, 6) is 0.897. The summed E-state index contributed by atoms with van der Waals surface area (Å²) in [6, 6.07) is 10.5. The van der Waals surface area contributed by atoms with Crippen LogP contribution in [-0.2, 0) is 4.79 Å². The predicted molar refractivity (Wildman–Crippen MR) is 91.8 cm³/mol. The largest absolute Gasteiger partial charge is 0.507 e. The number of amides is 1. The number of aromatic hydroxyl groups is 1. The summed E-state index contributed by atoms with van der Waals surface area (Å²) in [6.45, 7) is 3.72. The van der Waals surface area contributed by atoms with Crippen molar-refractivity contribution in [2.24, 2.45) is 5.10 Å². The zero-order valence-electron chi connectivity index (χ0n) is 13.9. The van der Waals surface area contributed by atoms with Gasteiger partial charge in [-0.1, -0.05) is 12.1 Å². The Labute approximate surface area is 140 Å². The molecule has 0 heterocycles. The molecule has 0 saturated carbocycles. The van der Waals surface area contributed by atoms with Gasteiger partial charge in [-0.15, -0.1) is 0 Å². The van der Waals surface area contributed by atoms with E-state index in [0.717, 1.165) is 11.1 Å². The third-order valence-corrected chi connectivity index (χ3v) is 3.33. The van der Waals surface area contributed by atoms with Gasteiger partial charge in [0, 0.05) is 5.56 Å². The quantitative estimate of drug-likeness (QED) is 0.631. The van der Waals surface area contributed by atoms with Crippen molar-refractivity contribution < 1.29 is 19.4 Å². The second-order valence-electron chi connectivity index (χ2n) is 5.28. The van der Waals surface area contributed by atoms with E-state index in [0.29, 0.717) is 17.1 Å². The lowest BCUT2D eigenvalue weighted by Crippen LogP contribution is -2.24. The Balaban J connectivity index is 1.90. The Morgan fingerprint density at radius 1 is 1.25 bits per heavy atom. The average molecular weight is 328 g/mol. The fraction of sp³-hybridized carbons (Fsp3) is 0.222. The van der Waals surface area contributed by atoms with E-state index in [2.05, 4.69) is 10.5 Å². The number of phenols is 1. The van der Waals surface area contributed by atoms with Gasteiger partial charge in [-0.2, -0.15) is 5.10 Å². The number of aryl methyl sites for hydroxylation is 2. The maximum atomic E-state index is 11.8. The van der Waals surface area contributed by atoms with Crippen LogP contribution in [0.25, 0.3) is 0 Å². The number of hydrogen-bond acceptors (Lipinski definition) is 5. The maximum Gasteiger partial charge on any atom is 0.277 e. The normalized spacial score (nSPS) is 10.6. The summed E-state index contributed by atoms with van der Waals surface area (Å²) < 4.78 is 10.6. The molecular formula is C18H20N2O4. The van der Waals surface area contributed by atoms with Gasteiger partial charge in [-0.05, 0) is 49.2 Å². The fourth-order valence-electron chi connectivity index (χ4n) is 1.98. The molecule has 2 aromatic rings. The number of carbonyl (C=O) groups excluding carboxylic acids is 1.